The number of aromatic amines is 1. The summed E-state index contributed by atoms with van der Waals surface area (Å²) in [5, 5.41) is 2.85. The molecule has 1 aromatic heterocycles. The lowest BCUT2D eigenvalue weighted by Crippen LogP contribution is -2.07. The zero-order valence-electron chi connectivity index (χ0n) is 10.4. The summed E-state index contributed by atoms with van der Waals surface area (Å²) in [5.74, 6) is 0. The van der Waals surface area contributed by atoms with Crippen LogP contribution in [0.5, 0.6) is 0 Å². The summed E-state index contributed by atoms with van der Waals surface area (Å²) in [5.41, 5.74) is 3.03. The van der Waals surface area contributed by atoms with Crippen molar-refractivity contribution in [3.63, 3.8) is 0 Å². The van der Waals surface area contributed by atoms with E-state index in [1.165, 1.54) is 0 Å². The van der Waals surface area contributed by atoms with Gasteiger partial charge in [0.2, 0.25) is 0 Å². The first-order valence-corrected chi connectivity index (χ1v) is 6.22. The Morgan fingerprint density at radius 3 is 2.21 bits per heavy atom. The highest BCUT2D eigenvalue weighted by molar-refractivity contribution is 5.59. The average Bonchev–Trinajstić information content (AvgIpc) is 2.82. The van der Waals surface area contributed by atoms with Crippen molar-refractivity contribution in [1.29, 1.82) is 0 Å². The minimum absolute atomic E-state index is 0.0743. The molecule has 19 heavy (non-hydrogen) atoms. The number of rotatable bonds is 3. The van der Waals surface area contributed by atoms with Crippen LogP contribution >= 0.6 is 0 Å². The Labute approximate surface area is 111 Å². The summed E-state index contributed by atoms with van der Waals surface area (Å²) in [7, 11) is 0. The number of aromatic nitrogens is 2. The van der Waals surface area contributed by atoms with Gasteiger partial charge < -0.3 is 0 Å². The van der Waals surface area contributed by atoms with Gasteiger partial charge in [0, 0.05) is 6.07 Å². The van der Waals surface area contributed by atoms with Crippen LogP contribution in [0.4, 0.5) is 0 Å². The molecule has 0 aliphatic carbocycles. The molecule has 0 amide bonds. The molecule has 0 bridgehead atoms. The third-order valence-corrected chi connectivity index (χ3v) is 3.06. The highest BCUT2D eigenvalue weighted by Gasteiger charge is 2.06. The van der Waals surface area contributed by atoms with Crippen LogP contribution in [-0.4, -0.2) is 9.78 Å². The number of hydrogen-bond donors (Lipinski definition) is 1. The molecule has 0 aliphatic heterocycles. The molecule has 0 aliphatic rings. The van der Waals surface area contributed by atoms with Crippen molar-refractivity contribution in [1.82, 2.24) is 9.78 Å². The Hall–Kier alpha value is -2.55. The van der Waals surface area contributed by atoms with Crippen LogP contribution in [-0.2, 0) is 6.54 Å². The van der Waals surface area contributed by atoms with Gasteiger partial charge >= 0.3 is 0 Å². The second-order valence-electron chi connectivity index (χ2n) is 4.44. The molecule has 0 saturated carbocycles. The normalized spacial score (nSPS) is 10.5. The maximum absolute atomic E-state index is 11.6. The van der Waals surface area contributed by atoms with Crippen molar-refractivity contribution in [3.05, 3.63) is 82.6 Å². The predicted molar refractivity (Wildman–Crippen MR) is 76.0 cm³/mol. The Kier molecular flexibility index (Phi) is 3.02. The van der Waals surface area contributed by atoms with Crippen LogP contribution in [0.15, 0.2) is 71.5 Å². The standard InChI is InChI=1S/C16H14N2O/c19-16-11-15(14-9-5-2-6-10-14)18(17-16)12-13-7-3-1-4-8-13/h1-11H,12H2,(H,17,19). The maximum Gasteiger partial charge on any atom is 0.264 e. The van der Waals surface area contributed by atoms with E-state index in [1.807, 2.05) is 65.3 Å². The molecule has 1 N–H and O–H groups in total. The lowest BCUT2D eigenvalue weighted by molar-refractivity contribution is 0.686. The summed E-state index contributed by atoms with van der Waals surface area (Å²) >= 11 is 0. The molecule has 0 spiro atoms. The minimum Gasteiger partial charge on any atom is -0.280 e. The molecule has 2 aromatic carbocycles. The molecule has 3 heteroatoms. The van der Waals surface area contributed by atoms with Gasteiger partial charge in [0.15, 0.2) is 0 Å². The van der Waals surface area contributed by atoms with Crippen LogP contribution in [0.25, 0.3) is 11.3 Å². The Bertz CT molecular complexity index is 711. The fourth-order valence-electron chi connectivity index (χ4n) is 2.17. The van der Waals surface area contributed by atoms with Crippen molar-refractivity contribution in [2.24, 2.45) is 0 Å². The van der Waals surface area contributed by atoms with Crippen molar-refractivity contribution < 1.29 is 0 Å². The smallest absolute Gasteiger partial charge is 0.264 e. The van der Waals surface area contributed by atoms with E-state index in [0.717, 1.165) is 16.8 Å². The Morgan fingerprint density at radius 2 is 1.53 bits per heavy atom. The summed E-state index contributed by atoms with van der Waals surface area (Å²) in [6.45, 7) is 0.660. The van der Waals surface area contributed by atoms with Crippen LogP contribution < -0.4 is 5.56 Å². The fourth-order valence-corrected chi connectivity index (χ4v) is 2.17. The van der Waals surface area contributed by atoms with Crippen LogP contribution in [0.2, 0.25) is 0 Å². The van der Waals surface area contributed by atoms with Gasteiger partial charge in [-0.25, -0.2) is 0 Å². The van der Waals surface area contributed by atoms with Gasteiger partial charge in [0.05, 0.1) is 12.2 Å². The van der Waals surface area contributed by atoms with Gasteiger partial charge in [-0.15, -0.1) is 0 Å². The molecule has 0 fully saturated rings. The Morgan fingerprint density at radius 1 is 0.895 bits per heavy atom. The largest absolute Gasteiger partial charge is 0.280 e. The number of benzene rings is 2. The highest BCUT2D eigenvalue weighted by Crippen LogP contribution is 2.17. The number of nitrogens with zero attached hydrogens (tertiary/aromatic N) is 1. The van der Waals surface area contributed by atoms with Crippen molar-refractivity contribution in [3.8, 4) is 11.3 Å². The molecule has 3 nitrogen and oxygen atoms in total. The van der Waals surface area contributed by atoms with E-state index in [0.29, 0.717) is 6.54 Å². The van der Waals surface area contributed by atoms with Crippen molar-refractivity contribution >= 4 is 0 Å². The second kappa shape index (κ2) is 4.98. The van der Waals surface area contributed by atoms with E-state index >= 15 is 0 Å². The van der Waals surface area contributed by atoms with Gasteiger partial charge in [0.25, 0.3) is 5.56 Å². The number of hydrogen-bond acceptors (Lipinski definition) is 1. The zero-order chi connectivity index (χ0) is 13.1. The molecule has 0 atom stereocenters. The number of nitrogens with one attached hydrogen (secondary N) is 1. The van der Waals surface area contributed by atoms with Crippen LogP contribution in [0.1, 0.15) is 5.56 Å². The van der Waals surface area contributed by atoms with Crippen molar-refractivity contribution in [2.75, 3.05) is 0 Å². The molecule has 0 saturated heterocycles. The predicted octanol–water partition coefficient (Wildman–Crippen LogP) is 2.89. The molecule has 94 valence electrons. The van der Waals surface area contributed by atoms with Gasteiger partial charge in [-0.1, -0.05) is 60.7 Å². The molecule has 1 heterocycles. The lowest BCUT2D eigenvalue weighted by Gasteiger charge is -2.08. The lowest BCUT2D eigenvalue weighted by atomic mass is 10.1. The van der Waals surface area contributed by atoms with Gasteiger partial charge in [-0.2, -0.15) is 0 Å². The maximum atomic E-state index is 11.6. The third kappa shape index (κ3) is 2.50. The van der Waals surface area contributed by atoms with E-state index in [1.54, 1.807) is 6.07 Å². The monoisotopic (exact) mass is 250 g/mol. The quantitative estimate of drug-likeness (QED) is 0.762. The number of H-pyrrole nitrogens is 1. The van der Waals surface area contributed by atoms with E-state index < -0.39 is 0 Å². The molecule has 3 aromatic rings. The molecular formula is C16H14N2O. The van der Waals surface area contributed by atoms with E-state index in [4.69, 9.17) is 0 Å². The summed E-state index contributed by atoms with van der Waals surface area (Å²) in [6, 6.07) is 21.6. The summed E-state index contributed by atoms with van der Waals surface area (Å²) in [4.78, 5) is 11.6. The average molecular weight is 250 g/mol. The van der Waals surface area contributed by atoms with E-state index in [2.05, 4.69) is 5.10 Å². The molecular weight excluding hydrogens is 236 g/mol. The molecule has 3 rings (SSSR count). The van der Waals surface area contributed by atoms with Gasteiger partial charge in [0.1, 0.15) is 0 Å². The Balaban J connectivity index is 2.01. The first-order valence-electron chi connectivity index (χ1n) is 6.22. The SMILES string of the molecule is O=c1cc(-c2ccccc2)n(Cc2ccccc2)[nH]1. The van der Waals surface area contributed by atoms with Crippen LogP contribution in [0, 0.1) is 0 Å². The van der Waals surface area contributed by atoms with Gasteiger partial charge in [-0.3, -0.25) is 14.6 Å². The highest BCUT2D eigenvalue weighted by atomic mass is 16.1. The molecule has 0 unspecified atom stereocenters. The second-order valence-corrected chi connectivity index (χ2v) is 4.44. The summed E-state index contributed by atoms with van der Waals surface area (Å²) in [6.07, 6.45) is 0. The zero-order valence-corrected chi connectivity index (χ0v) is 10.4. The van der Waals surface area contributed by atoms with Crippen LogP contribution in [0.3, 0.4) is 0 Å². The van der Waals surface area contributed by atoms with Gasteiger partial charge in [-0.05, 0) is 11.1 Å². The van der Waals surface area contributed by atoms with E-state index in [9.17, 15) is 4.79 Å². The van der Waals surface area contributed by atoms with Crippen molar-refractivity contribution in [2.45, 2.75) is 6.54 Å². The summed E-state index contributed by atoms with van der Waals surface area (Å²) < 4.78 is 1.88. The fraction of sp³-hybridized carbons (Fsp3) is 0.0625. The molecule has 0 radical (unpaired) electrons. The third-order valence-electron chi connectivity index (χ3n) is 3.06. The minimum atomic E-state index is -0.0743. The first kappa shape index (κ1) is 11.5. The first-order chi connectivity index (χ1) is 9.33. The van der Waals surface area contributed by atoms with E-state index in [-0.39, 0.29) is 5.56 Å². The topological polar surface area (TPSA) is 37.8 Å².